The highest BCUT2D eigenvalue weighted by molar-refractivity contribution is 5.75. The average molecular weight is 383 g/mol. The summed E-state index contributed by atoms with van der Waals surface area (Å²) in [6.45, 7) is 8.70. The Morgan fingerprint density at radius 3 is 2.82 bits per heavy atom. The maximum atomic E-state index is 13.0. The van der Waals surface area contributed by atoms with Gasteiger partial charge in [-0.15, -0.1) is 0 Å². The smallest absolute Gasteiger partial charge is 0.318 e. The van der Waals surface area contributed by atoms with Crippen LogP contribution in [-0.4, -0.2) is 51.9 Å². The number of H-pyrrole nitrogens is 1. The minimum absolute atomic E-state index is 0.0379. The summed E-state index contributed by atoms with van der Waals surface area (Å²) >= 11 is 0. The maximum Gasteiger partial charge on any atom is 0.318 e. The van der Waals surface area contributed by atoms with Crippen LogP contribution in [0.4, 0.5) is 4.79 Å². The first-order valence-corrected chi connectivity index (χ1v) is 10.0. The van der Waals surface area contributed by atoms with Crippen molar-refractivity contribution in [2.24, 2.45) is 5.92 Å². The van der Waals surface area contributed by atoms with Gasteiger partial charge in [-0.05, 0) is 12.0 Å². The Kier molecular flexibility index (Phi) is 5.10. The van der Waals surface area contributed by atoms with Gasteiger partial charge < -0.3 is 15.0 Å². The Bertz CT molecular complexity index is 814. The third kappa shape index (κ3) is 3.76. The predicted molar refractivity (Wildman–Crippen MR) is 106 cm³/mol. The number of ether oxygens (including phenoxy) is 1. The second kappa shape index (κ2) is 7.54. The van der Waals surface area contributed by atoms with Gasteiger partial charge in [0.1, 0.15) is 5.82 Å². The van der Waals surface area contributed by atoms with Crippen molar-refractivity contribution in [3.05, 3.63) is 47.5 Å². The molecule has 7 heteroatoms. The molecule has 2 fully saturated rings. The average Bonchev–Trinajstić information content (AvgIpc) is 3.32. The lowest BCUT2D eigenvalue weighted by atomic mass is 9.84. The second-order valence-corrected chi connectivity index (χ2v) is 8.78. The number of aromatic amines is 1. The van der Waals surface area contributed by atoms with E-state index in [-0.39, 0.29) is 17.5 Å². The van der Waals surface area contributed by atoms with Crippen LogP contribution >= 0.6 is 0 Å². The monoisotopic (exact) mass is 383 g/mol. The Morgan fingerprint density at radius 1 is 1.32 bits per heavy atom. The first-order chi connectivity index (χ1) is 13.4. The lowest BCUT2D eigenvalue weighted by molar-refractivity contribution is 0.0261. The molecule has 2 saturated heterocycles. The molecule has 2 aliphatic heterocycles. The number of likely N-dealkylation sites (tertiary alicyclic amines) is 1. The fourth-order valence-electron chi connectivity index (χ4n) is 4.26. The van der Waals surface area contributed by atoms with Crippen LogP contribution in [0.3, 0.4) is 0 Å². The largest absolute Gasteiger partial charge is 0.381 e. The number of hydrogen-bond donors (Lipinski definition) is 2. The minimum Gasteiger partial charge on any atom is -0.381 e. The molecule has 4 rings (SSSR count). The minimum atomic E-state index is -0.119. The Labute approximate surface area is 165 Å². The number of rotatable bonds is 3. The highest BCUT2D eigenvalue weighted by Gasteiger charge is 2.45. The molecule has 3 heterocycles. The predicted octanol–water partition coefficient (Wildman–Crippen LogP) is 2.82. The summed E-state index contributed by atoms with van der Waals surface area (Å²) in [5, 5.41) is 10.2. The van der Waals surface area contributed by atoms with Crippen molar-refractivity contribution in [1.82, 2.24) is 25.4 Å². The summed E-state index contributed by atoms with van der Waals surface area (Å²) in [5.41, 5.74) is 1.16. The summed E-state index contributed by atoms with van der Waals surface area (Å²) in [5.74, 6) is 2.10. The van der Waals surface area contributed by atoms with E-state index in [1.165, 1.54) is 5.56 Å². The van der Waals surface area contributed by atoms with Crippen molar-refractivity contribution in [1.29, 1.82) is 0 Å². The summed E-state index contributed by atoms with van der Waals surface area (Å²) in [6.07, 6.45) is 0.887. The van der Waals surface area contributed by atoms with Crippen LogP contribution in [0.1, 0.15) is 50.3 Å². The lowest BCUT2D eigenvalue weighted by Crippen LogP contribution is -2.46. The quantitative estimate of drug-likeness (QED) is 0.854. The van der Waals surface area contributed by atoms with E-state index in [1.54, 1.807) is 0 Å². The molecule has 0 radical (unpaired) electrons. The number of aromatic nitrogens is 3. The Morgan fingerprint density at radius 2 is 2.11 bits per heavy atom. The number of amides is 2. The first kappa shape index (κ1) is 18.9. The standard InChI is InChI=1S/C21H29N5O2/c1-21(2,3)19-23-18(24-25-19)11-22-20(27)26-12-15(14-7-5-4-6-8-14)16-13-28-10-9-17(16)26/h4-8,15-17H,9-13H2,1-3H3,(H,22,27)(H,23,24,25). The zero-order valence-electron chi connectivity index (χ0n) is 16.8. The van der Waals surface area contributed by atoms with Crippen molar-refractivity contribution < 1.29 is 9.53 Å². The number of carbonyl (C=O) groups excluding carboxylic acids is 1. The van der Waals surface area contributed by atoms with Crippen LogP contribution in [0.2, 0.25) is 0 Å². The zero-order chi connectivity index (χ0) is 19.7. The fraction of sp³-hybridized carbons (Fsp3) is 0.571. The van der Waals surface area contributed by atoms with Crippen molar-refractivity contribution in [3.63, 3.8) is 0 Å². The molecular formula is C21H29N5O2. The van der Waals surface area contributed by atoms with Crippen LogP contribution in [0.25, 0.3) is 0 Å². The molecule has 3 atom stereocenters. The van der Waals surface area contributed by atoms with E-state index in [4.69, 9.17) is 4.74 Å². The first-order valence-electron chi connectivity index (χ1n) is 10.0. The van der Waals surface area contributed by atoms with Gasteiger partial charge in [-0.3, -0.25) is 5.10 Å². The number of hydrogen-bond acceptors (Lipinski definition) is 4. The Balaban J connectivity index is 1.44. The van der Waals surface area contributed by atoms with Gasteiger partial charge in [0.15, 0.2) is 5.82 Å². The van der Waals surface area contributed by atoms with Crippen molar-refractivity contribution >= 4 is 6.03 Å². The van der Waals surface area contributed by atoms with Gasteiger partial charge in [-0.1, -0.05) is 51.1 Å². The van der Waals surface area contributed by atoms with Crippen molar-refractivity contribution in [2.75, 3.05) is 19.8 Å². The van der Waals surface area contributed by atoms with E-state index in [9.17, 15) is 4.79 Å². The van der Waals surface area contributed by atoms with E-state index < -0.39 is 0 Å². The number of nitrogens with zero attached hydrogens (tertiary/aromatic N) is 3. The molecule has 2 aromatic rings. The van der Waals surface area contributed by atoms with Crippen LogP contribution in [0.5, 0.6) is 0 Å². The van der Waals surface area contributed by atoms with Crippen LogP contribution < -0.4 is 5.32 Å². The van der Waals surface area contributed by atoms with E-state index in [0.29, 0.717) is 37.4 Å². The molecule has 0 spiro atoms. The number of nitrogens with one attached hydrogen (secondary N) is 2. The third-order valence-electron chi connectivity index (χ3n) is 5.77. The molecule has 0 bridgehead atoms. The van der Waals surface area contributed by atoms with E-state index >= 15 is 0 Å². The van der Waals surface area contributed by atoms with Gasteiger partial charge >= 0.3 is 6.03 Å². The number of fused-ring (bicyclic) bond motifs is 1. The van der Waals surface area contributed by atoms with Gasteiger partial charge in [0, 0.05) is 36.4 Å². The molecule has 7 nitrogen and oxygen atoms in total. The Hall–Kier alpha value is -2.41. The van der Waals surface area contributed by atoms with Crippen LogP contribution in [0, 0.1) is 5.92 Å². The number of carbonyl (C=O) groups is 1. The highest BCUT2D eigenvalue weighted by Crippen LogP contribution is 2.40. The van der Waals surface area contributed by atoms with Crippen molar-refractivity contribution in [3.8, 4) is 0 Å². The molecule has 2 aliphatic rings. The molecule has 1 aromatic carbocycles. The van der Waals surface area contributed by atoms with Gasteiger partial charge in [0.05, 0.1) is 13.2 Å². The van der Waals surface area contributed by atoms with Gasteiger partial charge in [-0.25, -0.2) is 9.78 Å². The molecule has 2 N–H and O–H groups in total. The number of urea groups is 1. The topological polar surface area (TPSA) is 83.1 Å². The second-order valence-electron chi connectivity index (χ2n) is 8.78. The van der Waals surface area contributed by atoms with Crippen LogP contribution in [-0.2, 0) is 16.7 Å². The number of benzene rings is 1. The summed E-state index contributed by atoms with van der Waals surface area (Å²) < 4.78 is 5.75. The highest BCUT2D eigenvalue weighted by atomic mass is 16.5. The molecule has 3 unspecified atom stereocenters. The lowest BCUT2D eigenvalue weighted by Gasteiger charge is -2.32. The normalized spacial score (nSPS) is 24.8. The van der Waals surface area contributed by atoms with Gasteiger partial charge in [0.25, 0.3) is 0 Å². The molecule has 150 valence electrons. The zero-order valence-corrected chi connectivity index (χ0v) is 16.8. The van der Waals surface area contributed by atoms with E-state index in [1.807, 2.05) is 11.0 Å². The third-order valence-corrected chi connectivity index (χ3v) is 5.77. The van der Waals surface area contributed by atoms with Gasteiger partial charge in [-0.2, -0.15) is 5.10 Å². The summed E-state index contributed by atoms with van der Waals surface area (Å²) in [6, 6.07) is 10.6. The van der Waals surface area contributed by atoms with E-state index in [2.05, 4.69) is 65.5 Å². The maximum absolute atomic E-state index is 13.0. The fourth-order valence-corrected chi connectivity index (χ4v) is 4.26. The summed E-state index contributed by atoms with van der Waals surface area (Å²) in [4.78, 5) is 19.5. The molecular weight excluding hydrogens is 354 g/mol. The molecule has 28 heavy (non-hydrogen) atoms. The molecule has 0 aliphatic carbocycles. The molecule has 2 amide bonds. The van der Waals surface area contributed by atoms with E-state index in [0.717, 1.165) is 18.8 Å². The van der Waals surface area contributed by atoms with Crippen molar-refractivity contribution in [2.45, 2.75) is 51.1 Å². The molecule has 1 aromatic heterocycles. The van der Waals surface area contributed by atoms with Gasteiger partial charge in [0.2, 0.25) is 0 Å². The van der Waals surface area contributed by atoms with Crippen LogP contribution in [0.15, 0.2) is 30.3 Å². The summed E-state index contributed by atoms with van der Waals surface area (Å²) in [7, 11) is 0. The SMILES string of the molecule is CC(C)(C)c1n[nH]c(CNC(=O)N2CC(c3ccccc3)C3COCCC32)n1. The molecule has 0 saturated carbocycles.